The maximum Gasteiger partial charge on any atom is 0.306 e. The summed E-state index contributed by atoms with van der Waals surface area (Å²) in [7, 11) is 0. The third-order valence-corrected chi connectivity index (χ3v) is 17.6. The third-order valence-electron chi connectivity index (χ3n) is 17.6. The molecular weight excluding hydrogens is 693 g/mol. The number of carbonyl (C=O) groups is 1. The summed E-state index contributed by atoms with van der Waals surface area (Å²) in [5.41, 5.74) is 2.52. The first kappa shape index (κ1) is 48.9. The van der Waals surface area contributed by atoms with Gasteiger partial charge in [-0.25, -0.2) is 0 Å². The standard InChI is InChI=1S/C55H100O2/c1-8-10-11-12-13-14-15-16-17-18-19-20-21-22-23-24-25-26-27-28-29-30-31-32-53(56)57-48-39-41-54(6)47(43-48)35-36-49-51-38-37-50(55(51,7)42-40-52(49)54)45(5)33-34-46(9-2)44(3)4/h35,44-46,48-52H,8-34,36-43H2,1-7H3/t45-,46-,48+,49+,50-,51+,52+,54+,55-/m1/s1. The van der Waals surface area contributed by atoms with Crippen LogP contribution in [0.5, 0.6) is 0 Å². The van der Waals surface area contributed by atoms with Crippen LogP contribution in [0.15, 0.2) is 11.6 Å². The van der Waals surface area contributed by atoms with Crippen LogP contribution in [0.4, 0.5) is 0 Å². The zero-order chi connectivity index (χ0) is 40.9. The SMILES string of the molecule is CCCCCCCCCCCCCCCCCCCCCCCCCC(=O)O[C@H]1CC[C@@]2(C)C(=CC[C@H]3[C@@H]4CC[C@H]([C@H](C)CC[C@@H](CC)C(C)C)[C@@]4(C)CC[C@@H]32)C1. The zero-order valence-corrected chi connectivity index (χ0v) is 39.8. The molecule has 3 fully saturated rings. The van der Waals surface area contributed by atoms with Gasteiger partial charge in [0, 0.05) is 12.8 Å². The van der Waals surface area contributed by atoms with Gasteiger partial charge in [0.25, 0.3) is 0 Å². The minimum Gasteiger partial charge on any atom is -0.462 e. The lowest BCUT2D eigenvalue weighted by molar-refractivity contribution is -0.151. The van der Waals surface area contributed by atoms with Crippen LogP contribution >= 0.6 is 0 Å². The molecule has 0 N–H and O–H groups in total. The van der Waals surface area contributed by atoms with Crippen LogP contribution in [0.1, 0.15) is 273 Å². The van der Waals surface area contributed by atoms with Gasteiger partial charge >= 0.3 is 5.97 Å². The van der Waals surface area contributed by atoms with E-state index in [-0.39, 0.29) is 12.1 Å². The maximum absolute atomic E-state index is 12.9. The number of rotatable bonds is 31. The highest BCUT2D eigenvalue weighted by molar-refractivity contribution is 5.69. The average Bonchev–Trinajstić information content (AvgIpc) is 3.55. The second kappa shape index (κ2) is 26.5. The Morgan fingerprint density at radius 3 is 1.68 bits per heavy atom. The Balaban J connectivity index is 0.995. The van der Waals surface area contributed by atoms with Crippen LogP contribution in [0, 0.1) is 52.3 Å². The van der Waals surface area contributed by atoms with Crippen LogP contribution in [0.3, 0.4) is 0 Å². The van der Waals surface area contributed by atoms with E-state index in [0.717, 1.165) is 60.7 Å². The first-order valence-corrected chi connectivity index (χ1v) is 26.5. The van der Waals surface area contributed by atoms with Gasteiger partial charge in [0.05, 0.1) is 0 Å². The molecule has 0 aromatic rings. The number of ether oxygens (including phenoxy) is 1. The van der Waals surface area contributed by atoms with Crippen molar-refractivity contribution in [1.82, 2.24) is 0 Å². The molecule has 57 heavy (non-hydrogen) atoms. The first-order valence-electron chi connectivity index (χ1n) is 26.5. The van der Waals surface area contributed by atoms with E-state index >= 15 is 0 Å². The fourth-order valence-corrected chi connectivity index (χ4v) is 13.7. The summed E-state index contributed by atoms with van der Waals surface area (Å²) in [6.07, 6.45) is 50.2. The Morgan fingerprint density at radius 1 is 0.649 bits per heavy atom. The molecule has 0 radical (unpaired) electrons. The fraction of sp³-hybridized carbons (Fsp3) is 0.945. The molecule has 332 valence electrons. The highest BCUT2D eigenvalue weighted by atomic mass is 16.5. The summed E-state index contributed by atoms with van der Waals surface area (Å²) in [4.78, 5) is 12.9. The molecule has 4 aliphatic rings. The number of carbonyl (C=O) groups excluding carboxylic acids is 1. The lowest BCUT2D eigenvalue weighted by Gasteiger charge is -2.58. The molecule has 0 spiro atoms. The van der Waals surface area contributed by atoms with Crippen molar-refractivity contribution in [3.63, 3.8) is 0 Å². The Labute approximate surface area is 357 Å². The topological polar surface area (TPSA) is 26.3 Å². The van der Waals surface area contributed by atoms with Gasteiger partial charge in [0.1, 0.15) is 6.10 Å². The second-order valence-electron chi connectivity index (χ2n) is 21.8. The zero-order valence-electron chi connectivity index (χ0n) is 39.8. The van der Waals surface area contributed by atoms with Gasteiger partial charge in [0.15, 0.2) is 0 Å². The molecule has 2 nitrogen and oxygen atoms in total. The Kier molecular flexibility index (Phi) is 22.7. The van der Waals surface area contributed by atoms with Crippen molar-refractivity contribution < 1.29 is 9.53 Å². The van der Waals surface area contributed by atoms with Crippen molar-refractivity contribution >= 4 is 5.97 Å². The average molecular weight is 793 g/mol. The molecule has 0 aromatic heterocycles. The molecule has 4 rings (SSSR count). The molecular formula is C55H100O2. The Bertz CT molecular complexity index is 1110. The van der Waals surface area contributed by atoms with Gasteiger partial charge in [-0.3, -0.25) is 4.79 Å². The maximum atomic E-state index is 12.9. The molecule has 3 saturated carbocycles. The monoisotopic (exact) mass is 793 g/mol. The van der Waals surface area contributed by atoms with Crippen LogP contribution in [-0.4, -0.2) is 12.1 Å². The van der Waals surface area contributed by atoms with E-state index < -0.39 is 0 Å². The summed E-state index contributed by atoms with van der Waals surface area (Å²) in [6, 6.07) is 0. The van der Waals surface area contributed by atoms with Crippen molar-refractivity contribution in [1.29, 1.82) is 0 Å². The lowest BCUT2D eigenvalue weighted by Crippen LogP contribution is -2.51. The summed E-state index contributed by atoms with van der Waals surface area (Å²) in [5, 5.41) is 0. The van der Waals surface area contributed by atoms with E-state index in [4.69, 9.17) is 4.74 Å². The van der Waals surface area contributed by atoms with Crippen molar-refractivity contribution in [2.75, 3.05) is 0 Å². The van der Waals surface area contributed by atoms with Crippen molar-refractivity contribution in [3.8, 4) is 0 Å². The molecule has 4 aliphatic carbocycles. The number of unbranched alkanes of at least 4 members (excludes halogenated alkanes) is 22. The normalized spacial score (nSPS) is 29.4. The predicted octanol–water partition coefficient (Wildman–Crippen LogP) is 18.0. The first-order chi connectivity index (χ1) is 27.6. The van der Waals surface area contributed by atoms with Gasteiger partial charge in [-0.05, 0) is 110 Å². The third kappa shape index (κ3) is 15.3. The predicted molar refractivity (Wildman–Crippen MR) is 249 cm³/mol. The molecule has 0 amide bonds. The number of hydrogen-bond donors (Lipinski definition) is 0. The molecule has 9 atom stereocenters. The molecule has 0 heterocycles. The summed E-state index contributed by atoms with van der Waals surface area (Å²) in [5.74, 6) is 6.17. The number of allylic oxidation sites excluding steroid dienone is 1. The van der Waals surface area contributed by atoms with E-state index in [1.165, 1.54) is 199 Å². The molecule has 0 saturated heterocycles. The van der Waals surface area contributed by atoms with Gasteiger partial charge in [0.2, 0.25) is 0 Å². The van der Waals surface area contributed by atoms with E-state index in [2.05, 4.69) is 54.5 Å². The highest BCUT2D eigenvalue weighted by Crippen LogP contribution is 2.67. The lowest BCUT2D eigenvalue weighted by atomic mass is 9.47. The number of hydrogen-bond acceptors (Lipinski definition) is 2. The second-order valence-corrected chi connectivity index (χ2v) is 21.8. The Hall–Kier alpha value is -0.790. The molecule has 0 unspecified atom stereocenters. The number of esters is 1. The van der Waals surface area contributed by atoms with Crippen LogP contribution in [-0.2, 0) is 9.53 Å². The van der Waals surface area contributed by atoms with E-state index in [1.54, 1.807) is 5.57 Å². The fourth-order valence-electron chi connectivity index (χ4n) is 13.7. The smallest absolute Gasteiger partial charge is 0.306 e. The van der Waals surface area contributed by atoms with Gasteiger partial charge in [-0.1, -0.05) is 214 Å². The summed E-state index contributed by atoms with van der Waals surface area (Å²) < 4.78 is 6.18. The van der Waals surface area contributed by atoms with Gasteiger partial charge < -0.3 is 4.74 Å². The van der Waals surface area contributed by atoms with Crippen LogP contribution in [0.25, 0.3) is 0 Å². The van der Waals surface area contributed by atoms with Gasteiger partial charge in [-0.15, -0.1) is 0 Å². The molecule has 0 aromatic carbocycles. The minimum absolute atomic E-state index is 0.0691. The van der Waals surface area contributed by atoms with E-state index in [9.17, 15) is 4.79 Å². The molecule has 2 heteroatoms. The molecule has 0 bridgehead atoms. The van der Waals surface area contributed by atoms with E-state index in [0.29, 0.717) is 17.3 Å². The minimum atomic E-state index is 0.0691. The highest BCUT2D eigenvalue weighted by Gasteiger charge is 2.59. The summed E-state index contributed by atoms with van der Waals surface area (Å²) >= 11 is 0. The van der Waals surface area contributed by atoms with E-state index in [1.807, 2.05) is 0 Å². The Morgan fingerprint density at radius 2 is 1.18 bits per heavy atom. The quantitative estimate of drug-likeness (QED) is 0.0397. The number of fused-ring (bicyclic) bond motifs is 5. The van der Waals surface area contributed by atoms with Crippen LogP contribution in [0.2, 0.25) is 0 Å². The van der Waals surface area contributed by atoms with Crippen molar-refractivity contribution in [2.24, 2.45) is 52.3 Å². The van der Waals surface area contributed by atoms with Crippen molar-refractivity contribution in [3.05, 3.63) is 11.6 Å². The van der Waals surface area contributed by atoms with Gasteiger partial charge in [-0.2, -0.15) is 0 Å². The molecule has 0 aliphatic heterocycles. The van der Waals surface area contributed by atoms with Crippen LogP contribution < -0.4 is 0 Å². The summed E-state index contributed by atoms with van der Waals surface area (Å²) in [6.45, 7) is 17.5. The largest absolute Gasteiger partial charge is 0.462 e. The van der Waals surface area contributed by atoms with Crippen molar-refractivity contribution in [2.45, 2.75) is 279 Å².